The van der Waals surface area contributed by atoms with E-state index in [0.29, 0.717) is 5.41 Å². The molecule has 9 heavy (non-hydrogen) atoms. The first-order chi connectivity index (χ1) is 4.33. The van der Waals surface area contributed by atoms with Crippen LogP contribution in [0.3, 0.4) is 0 Å². The summed E-state index contributed by atoms with van der Waals surface area (Å²) in [4.78, 5) is 0. The van der Waals surface area contributed by atoms with Gasteiger partial charge in [-0.1, -0.05) is 20.3 Å². The Bertz CT molecular complexity index is 79.1. The van der Waals surface area contributed by atoms with Crippen LogP contribution in [0, 0.1) is 12.3 Å². The zero-order valence-electron chi connectivity index (χ0n) is 6.15. The molecule has 0 aromatic carbocycles. The zero-order chi connectivity index (χ0) is 6.74. The van der Waals surface area contributed by atoms with Crippen LogP contribution < -0.4 is 0 Å². The van der Waals surface area contributed by atoms with Gasteiger partial charge in [0.15, 0.2) is 0 Å². The van der Waals surface area contributed by atoms with Crippen LogP contribution in [0.1, 0.15) is 26.2 Å². The van der Waals surface area contributed by atoms with Crippen LogP contribution >= 0.6 is 0 Å². The van der Waals surface area contributed by atoms with E-state index in [2.05, 4.69) is 13.8 Å². The summed E-state index contributed by atoms with van der Waals surface area (Å²) in [6.45, 7) is 8.03. The van der Waals surface area contributed by atoms with E-state index in [-0.39, 0.29) is 0 Å². The third kappa shape index (κ3) is 1.26. The van der Waals surface area contributed by atoms with Crippen molar-refractivity contribution in [2.45, 2.75) is 26.2 Å². The Kier molecular flexibility index (Phi) is 2.12. The van der Waals surface area contributed by atoms with Gasteiger partial charge in [0, 0.05) is 5.41 Å². The highest BCUT2D eigenvalue weighted by Gasteiger charge is 2.35. The lowest BCUT2D eigenvalue weighted by Gasteiger charge is -2.40. The average molecular weight is 127 g/mol. The number of hydrogen-bond acceptors (Lipinski definition) is 1. The predicted molar refractivity (Wildman–Crippen MR) is 38.1 cm³/mol. The molecule has 0 bridgehead atoms. The minimum atomic E-state index is 0.481. The van der Waals surface area contributed by atoms with Crippen LogP contribution in [-0.4, -0.2) is 13.2 Å². The number of rotatable bonds is 3. The van der Waals surface area contributed by atoms with Gasteiger partial charge < -0.3 is 4.74 Å². The van der Waals surface area contributed by atoms with Crippen molar-refractivity contribution in [1.82, 2.24) is 0 Å². The standard InChI is InChI=1S/C8H15O/c1-3-5-8(4-2)6-9-7-8/h2-7H2,1H3. The Labute approximate surface area is 57.4 Å². The van der Waals surface area contributed by atoms with Crippen molar-refractivity contribution < 1.29 is 4.74 Å². The lowest BCUT2D eigenvalue weighted by Crippen LogP contribution is -2.41. The molecule has 0 aromatic heterocycles. The van der Waals surface area contributed by atoms with Gasteiger partial charge in [-0.15, -0.1) is 0 Å². The molecule has 0 N–H and O–H groups in total. The number of ether oxygens (including phenoxy) is 1. The summed E-state index contributed by atoms with van der Waals surface area (Å²) in [5, 5.41) is 0. The van der Waals surface area contributed by atoms with Gasteiger partial charge in [-0.2, -0.15) is 0 Å². The maximum absolute atomic E-state index is 5.14. The summed E-state index contributed by atoms with van der Waals surface area (Å²) in [5.41, 5.74) is 0.481. The van der Waals surface area contributed by atoms with Gasteiger partial charge in [0.25, 0.3) is 0 Å². The van der Waals surface area contributed by atoms with Crippen LogP contribution in [0.4, 0.5) is 0 Å². The Morgan fingerprint density at radius 3 is 2.33 bits per heavy atom. The molecular weight excluding hydrogens is 112 g/mol. The van der Waals surface area contributed by atoms with Crippen molar-refractivity contribution >= 4 is 0 Å². The smallest absolute Gasteiger partial charge is 0.0544 e. The van der Waals surface area contributed by atoms with Gasteiger partial charge in [0.1, 0.15) is 0 Å². The fraction of sp³-hybridized carbons (Fsp3) is 0.875. The van der Waals surface area contributed by atoms with E-state index in [1.165, 1.54) is 12.8 Å². The second kappa shape index (κ2) is 2.70. The van der Waals surface area contributed by atoms with Crippen molar-refractivity contribution in [3.05, 3.63) is 6.92 Å². The van der Waals surface area contributed by atoms with E-state index in [4.69, 9.17) is 4.74 Å². The lowest BCUT2D eigenvalue weighted by atomic mass is 9.79. The van der Waals surface area contributed by atoms with E-state index in [9.17, 15) is 0 Å². The molecule has 1 nitrogen and oxygen atoms in total. The maximum Gasteiger partial charge on any atom is 0.0544 e. The highest BCUT2D eigenvalue weighted by atomic mass is 16.5. The van der Waals surface area contributed by atoms with Gasteiger partial charge in [-0.05, 0) is 12.8 Å². The molecule has 1 heterocycles. The quantitative estimate of drug-likeness (QED) is 0.563. The van der Waals surface area contributed by atoms with Gasteiger partial charge in [0.2, 0.25) is 0 Å². The molecule has 0 aromatic rings. The summed E-state index contributed by atoms with van der Waals surface area (Å²) >= 11 is 0. The Morgan fingerprint density at radius 2 is 2.22 bits per heavy atom. The number of hydrogen-bond donors (Lipinski definition) is 0. The second-order valence-corrected chi connectivity index (χ2v) is 2.99. The minimum Gasteiger partial charge on any atom is -0.380 e. The van der Waals surface area contributed by atoms with Crippen molar-refractivity contribution in [2.75, 3.05) is 13.2 Å². The first kappa shape index (κ1) is 7.07. The molecule has 53 valence electrons. The van der Waals surface area contributed by atoms with E-state index >= 15 is 0 Å². The van der Waals surface area contributed by atoms with Gasteiger partial charge in [0.05, 0.1) is 13.2 Å². The molecule has 1 heteroatoms. The molecule has 1 rings (SSSR count). The molecule has 1 radical (unpaired) electrons. The summed E-state index contributed by atoms with van der Waals surface area (Å²) in [7, 11) is 0. The molecule has 0 aliphatic carbocycles. The fourth-order valence-electron chi connectivity index (χ4n) is 1.33. The SMILES string of the molecule is [CH2]CC1(CCC)COC1. The van der Waals surface area contributed by atoms with E-state index < -0.39 is 0 Å². The largest absolute Gasteiger partial charge is 0.380 e. The normalized spacial score (nSPS) is 23.3. The van der Waals surface area contributed by atoms with Gasteiger partial charge in [-0.25, -0.2) is 0 Å². The van der Waals surface area contributed by atoms with Crippen LogP contribution in [0.25, 0.3) is 0 Å². The van der Waals surface area contributed by atoms with Crippen molar-refractivity contribution in [3.8, 4) is 0 Å². The third-order valence-electron chi connectivity index (χ3n) is 2.13. The molecule has 0 unspecified atom stereocenters. The Morgan fingerprint density at radius 1 is 1.56 bits per heavy atom. The van der Waals surface area contributed by atoms with E-state index in [1.807, 2.05) is 0 Å². The first-order valence-electron chi connectivity index (χ1n) is 3.70. The van der Waals surface area contributed by atoms with Crippen molar-refractivity contribution in [3.63, 3.8) is 0 Å². The summed E-state index contributed by atoms with van der Waals surface area (Å²) in [6.07, 6.45) is 3.59. The third-order valence-corrected chi connectivity index (χ3v) is 2.13. The molecule has 1 fully saturated rings. The fourth-order valence-corrected chi connectivity index (χ4v) is 1.33. The van der Waals surface area contributed by atoms with E-state index in [0.717, 1.165) is 19.6 Å². The Balaban J connectivity index is 2.28. The van der Waals surface area contributed by atoms with E-state index in [1.54, 1.807) is 0 Å². The first-order valence-corrected chi connectivity index (χ1v) is 3.70. The average Bonchev–Trinajstić information content (AvgIpc) is 1.79. The topological polar surface area (TPSA) is 9.23 Å². The van der Waals surface area contributed by atoms with Crippen LogP contribution in [-0.2, 0) is 4.74 Å². The van der Waals surface area contributed by atoms with Crippen molar-refractivity contribution in [1.29, 1.82) is 0 Å². The lowest BCUT2D eigenvalue weighted by molar-refractivity contribution is -0.116. The van der Waals surface area contributed by atoms with Crippen LogP contribution in [0.2, 0.25) is 0 Å². The van der Waals surface area contributed by atoms with Crippen molar-refractivity contribution in [2.24, 2.45) is 5.41 Å². The highest BCUT2D eigenvalue weighted by Crippen LogP contribution is 2.35. The Hall–Kier alpha value is -0.0400. The molecule has 0 atom stereocenters. The maximum atomic E-state index is 5.14. The second-order valence-electron chi connectivity index (χ2n) is 2.99. The molecule has 0 amide bonds. The summed E-state index contributed by atoms with van der Waals surface area (Å²) < 4.78 is 5.14. The molecule has 0 saturated carbocycles. The molecule has 1 aliphatic rings. The molecular formula is C8H15O. The predicted octanol–water partition coefficient (Wildman–Crippen LogP) is 2.03. The van der Waals surface area contributed by atoms with Gasteiger partial charge >= 0.3 is 0 Å². The summed E-state index contributed by atoms with van der Waals surface area (Å²) in [6, 6.07) is 0. The van der Waals surface area contributed by atoms with Crippen LogP contribution in [0.5, 0.6) is 0 Å². The highest BCUT2D eigenvalue weighted by molar-refractivity contribution is 4.85. The van der Waals surface area contributed by atoms with Crippen LogP contribution in [0.15, 0.2) is 0 Å². The molecule has 1 aliphatic heterocycles. The monoisotopic (exact) mass is 127 g/mol. The molecule has 1 saturated heterocycles. The zero-order valence-corrected chi connectivity index (χ0v) is 6.15. The molecule has 0 spiro atoms. The minimum absolute atomic E-state index is 0.481. The summed E-state index contributed by atoms with van der Waals surface area (Å²) in [5.74, 6) is 0. The van der Waals surface area contributed by atoms with Gasteiger partial charge in [-0.3, -0.25) is 0 Å².